The van der Waals surface area contributed by atoms with Gasteiger partial charge in [0.2, 0.25) is 0 Å². The van der Waals surface area contributed by atoms with Crippen LogP contribution in [0.5, 0.6) is 0 Å². The molecular weight excluding hydrogens is 228 g/mol. The summed E-state index contributed by atoms with van der Waals surface area (Å²) < 4.78 is 5.14. The van der Waals surface area contributed by atoms with Gasteiger partial charge >= 0.3 is 0 Å². The van der Waals surface area contributed by atoms with E-state index in [0.29, 0.717) is 0 Å². The summed E-state index contributed by atoms with van der Waals surface area (Å²) >= 11 is 0. The number of aryl methyl sites for hydroxylation is 3. The lowest BCUT2D eigenvalue weighted by atomic mass is 10.1. The van der Waals surface area contributed by atoms with E-state index in [2.05, 4.69) is 27.4 Å². The lowest BCUT2D eigenvalue weighted by Gasteiger charge is -2.14. The highest BCUT2D eigenvalue weighted by atomic mass is 16.5. The van der Waals surface area contributed by atoms with Crippen molar-refractivity contribution in [1.29, 1.82) is 0 Å². The van der Waals surface area contributed by atoms with Crippen molar-refractivity contribution in [3.05, 3.63) is 40.8 Å². The fraction of sp³-hybridized carbons (Fsp3) is 0.462. The first-order valence-corrected chi connectivity index (χ1v) is 6.02. The minimum atomic E-state index is 0.146. The van der Waals surface area contributed by atoms with E-state index in [1.165, 1.54) is 0 Å². The summed E-state index contributed by atoms with van der Waals surface area (Å²) in [6.07, 6.45) is 3.43. The maximum atomic E-state index is 5.14. The van der Waals surface area contributed by atoms with Crippen LogP contribution in [0.3, 0.4) is 0 Å². The molecule has 0 spiro atoms. The summed E-state index contributed by atoms with van der Waals surface area (Å²) in [5.41, 5.74) is 3.98. The van der Waals surface area contributed by atoms with Crippen LogP contribution in [-0.2, 0) is 6.54 Å². The molecule has 0 aliphatic heterocycles. The van der Waals surface area contributed by atoms with Crippen LogP contribution >= 0.6 is 0 Å². The largest absolute Gasteiger partial charge is 0.361 e. The molecule has 2 rings (SSSR count). The molecule has 0 saturated carbocycles. The van der Waals surface area contributed by atoms with Crippen molar-refractivity contribution in [3.8, 4) is 0 Å². The van der Waals surface area contributed by atoms with E-state index in [0.717, 1.165) is 35.0 Å². The summed E-state index contributed by atoms with van der Waals surface area (Å²) in [6, 6.07) is 0.146. The molecule has 1 unspecified atom stereocenters. The van der Waals surface area contributed by atoms with Crippen molar-refractivity contribution in [2.75, 3.05) is 0 Å². The van der Waals surface area contributed by atoms with Gasteiger partial charge < -0.3 is 9.84 Å². The molecule has 1 N–H and O–H groups in total. The Balaban J connectivity index is 2.05. The first kappa shape index (κ1) is 12.7. The summed E-state index contributed by atoms with van der Waals surface area (Å²) in [5.74, 6) is 0.864. The second kappa shape index (κ2) is 5.27. The topological polar surface area (TPSA) is 63.8 Å². The van der Waals surface area contributed by atoms with Gasteiger partial charge in [-0.1, -0.05) is 5.16 Å². The molecular formula is C13H18N4O. The molecule has 0 saturated heterocycles. The molecule has 0 amide bonds. The fourth-order valence-electron chi connectivity index (χ4n) is 1.95. The van der Waals surface area contributed by atoms with Gasteiger partial charge in [0.1, 0.15) is 5.76 Å². The van der Waals surface area contributed by atoms with Crippen molar-refractivity contribution in [2.45, 2.75) is 40.3 Å². The summed E-state index contributed by atoms with van der Waals surface area (Å²) in [6.45, 7) is 8.64. The standard InChI is InChI=1S/C13H18N4O/c1-8-12(11(4)18-17-8)7-16-10(3)13-9(2)14-5-6-15-13/h5-6,10,16H,7H2,1-4H3. The predicted octanol–water partition coefficient (Wildman–Crippen LogP) is 2.24. The molecule has 18 heavy (non-hydrogen) atoms. The van der Waals surface area contributed by atoms with E-state index in [1.807, 2.05) is 20.8 Å². The van der Waals surface area contributed by atoms with Gasteiger partial charge in [-0.05, 0) is 27.7 Å². The van der Waals surface area contributed by atoms with Gasteiger partial charge in [0, 0.05) is 30.5 Å². The minimum absolute atomic E-state index is 0.146. The molecule has 2 aromatic heterocycles. The van der Waals surface area contributed by atoms with E-state index in [-0.39, 0.29) is 6.04 Å². The SMILES string of the molecule is Cc1nccnc1C(C)NCc1c(C)noc1C. The van der Waals surface area contributed by atoms with E-state index in [1.54, 1.807) is 12.4 Å². The zero-order valence-corrected chi connectivity index (χ0v) is 11.2. The van der Waals surface area contributed by atoms with Gasteiger partial charge in [-0.2, -0.15) is 0 Å². The molecule has 0 aliphatic carbocycles. The van der Waals surface area contributed by atoms with Crippen LogP contribution in [0.1, 0.15) is 41.4 Å². The van der Waals surface area contributed by atoms with Crippen molar-refractivity contribution < 1.29 is 4.52 Å². The van der Waals surface area contributed by atoms with Crippen LogP contribution in [0.4, 0.5) is 0 Å². The number of nitrogens with one attached hydrogen (secondary N) is 1. The van der Waals surface area contributed by atoms with Crippen molar-refractivity contribution in [2.24, 2.45) is 0 Å². The third-order valence-corrected chi connectivity index (χ3v) is 3.10. The van der Waals surface area contributed by atoms with Gasteiger partial charge in [-0.15, -0.1) is 0 Å². The molecule has 0 aromatic carbocycles. The maximum Gasteiger partial charge on any atom is 0.138 e. The molecule has 2 heterocycles. The lowest BCUT2D eigenvalue weighted by Crippen LogP contribution is -2.21. The Morgan fingerprint density at radius 2 is 1.89 bits per heavy atom. The average molecular weight is 246 g/mol. The molecule has 0 fully saturated rings. The van der Waals surface area contributed by atoms with Crippen LogP contribution in [0.25, 0.3) is 0 Å². The van der Waals surface area contributed by atoms with Crippen molar-refractivity contribution in [1.82, 2.24) is 20.4 Å². The Hall–Kier alpha value is -1.75. The molecule has 1 atom stereocenters. The summed E-state index contributed by atoms with van der Waals surface area (Å²) in [5, 5.41) is 7.36. The highest BCUT2D eigenvalue weighted by molar-refractivity contribution is 5.21. The summed E-state index contributed by atoms with van der Waals surface area (Å²) in [4.78, 5) is 8.61. The van der Waals surface area contributed by atoms with Crippen molar-refractivity contribution >= 4 is 0 Å². The molecule has 5 heteroatoms. The molecule has 2 aromatic rings. The number of hydrogen-bond acceptors (Lipinski definition) is 5. The van der Waals surface area contributed by atoms with Gasteiger partial charge in [0.05, 0.1) is 17.1 Å². The van der Waals surface area contributed by atoms with Crippen LogP contribution in [0.15, 0.2) is 16.9 Å². The zero-order valence-electron chi connectivity index (χ0n) is 11.2. The Morgan fingerprint density at radius 1 is 1.17 bits per heavy atom. The first-order chi connectivity index (χ1) is 8.59. The van der Waals surface area contributed by atoms with E-state index < -0.39 is 0 Å². The number of hydrogen-bond donors (Lipinski definition) is 1. The summed E-state index contributed by atoms with van der Waals surface area (Å²) in [7, 11) is 0. The molecule has 0 radical (unpaired) electrons. The second-order valence-electron chi connectivity index (χ2n) is 4.43. The Morgan fingerprint density at radius 3 is 2.50 bits per heavy atom. The van der Waals surface area contributed by atoms with Crippen LogP contribution < -0.4 is 5.32 Å². The second-order valence-corrected chi connectivity index (χ2v) is 4.43. The Kier molecular flexibility index (Phi) is 3.72. The molecule has 0 bridgehead atoms. The normalized spacial score (nSPS) is 12.7. The Labute approximate surface area is 107 Å². The van der Waals surface area contributed by atoms with E-state index >= 15 is 0 Å². The lowest BCUT2D eigenvalue weighted by molar-refractivity contribution is 0.391. The molecule has 5 nitrogen and oxygen atoms in total. The molecule has 0 aliphatic rings. The first-order valence-electron chi connectivity index (χ1n) is 6.02. The number of aromatic nitrogens is 3. The third-order valence-electron chi connectivity index (χ3n) is 3.10. The van der Waals surface area contributed by atoms with E-state index in [4.69, 9.17) is 4.52 Å². The van der Waals surface area contributed by atoms with Crippen LogP contribution in [0, 0.1) is 20.8 Å². The smallest absolute Gasteiger partial charge is 0.138 e. The maximum absolute atomic E-state index is 5.14. The van der Waals surface area contributed by atoms with Gasteiger partial charge in [0.25, 0.3) is 0 Å². The highest BCUT2D eigenvalue weighted by Crippen LogP contribution is 2.16. The van der Waals surface area contributed by atoms with E-state index in [9.17, 15) is 0 Å². The third kappa shape index (κ3) is 2.56. The van der Waals surface area contributed by atoms with Gasteiger partial charge in [-0.25, -0.2) is 0 Å². The molecule has 96 valence electrons. The minimum Gasteiger partial charge on any atom is -0.361 e. The Bertz CT molecular complexity index is 516. The van der Waals surface area contributed by atoms with Gasteiger partial charge in [-0.3, -0.25) is 9.97 Å². The number of rotatable bonds is 4. The van der Waals surface area contributed by atoms with Gasteiger partial charge in [0.15, 0.2) is 0 Å². The zero-order chi connectivity index (χ0) is 13.1. The average Bonchev–Trinajstić information content (AvgIpc) is 2.67. The van der Waals surface area contributed by atoms with Crippen LogP contribution in [-0.4, -0.2) is 15.1 Å². The van der Waals surface area contributed by atoms with Crippen LogP contribution in [0.2, 0.25) is 0 Å². The highest BCUT2D eigenvalue weighted by Gasteiger charge is 2.13. The predicted molar refractivity (Wildman–Crippen MR) is 68.0 cm³/mol. The van der Waals surface area contributed by atoms with Crippen molar-refractivity contribution in [3.63, 3.8) is 0 Å². The number of nitrogens with zero attached hydrogens (tertiary/aromatic N) is 3. The monoisotopic (exact) mass is 246 g/mol. The quantitative estimate of drug-likeness (QED) is 0.896. The fourth-order valence-corrected chi connectivity index (χ4v) is 1.95.